The minimum Gasteiger partial charge on any atom is -0.352 e. The lowest BCUT2D eigenvalue weighted by atomic mass is 10.1. The SMILES string of the molecule is Cc1ccc(C(=O)NCCC(C)N)cc1S(=O)(=O)Nc1ccc(F)cc1.Cl. The Kier molecular flexibility index (Phi) is 8.20. The molecule has 148 valence electrons. The molecule has 9 heteroatoms. The summed E-state index contributed by atoms with van der Waals surface area (Å²) in [6.07, 6.45) is 0.620. The van der Waals surface area contributed by atoms with Crippen LogP contribution in [0.1, 0.15) is 29.3 Å². The molecule has 0 aliphatic carbocycles. The number of nitrogens with two attached hydrogens (primary N) is 1. The fraction of sp³-hybridized carbons (Fsp3) is 0.278. The normalized spacial score (nSPS) is 12.0. The molecule has 1 amide bonds. The third kappa shape index (κ3) is 6.50. The summed E-state index contributed by atoms with van der Waals surface area (Å²) in [6, 6.07) is 9.39. The van der Waals surface area contributed by atoms with E-state index in [9.17, 15) is 17.6 Å². The molecule has 2 rings (SSSR count). The molecule has 0 saturated heterocycles. The third-order valence-corrected chi connectivity index (χ3v) is 5.24. The van der Waals surface area contributed by atoms with E-state index < -0.39 is 15.8 Å². The zero-order valence-electron chi connectivity index (χ0n) is 15.0. The number of rotatable bonds is 7. The van der Waals surface area contributed by atoms with Crippen molar-refractivity contribution in [3.63, 3.8) is 0 Å². The van der Waals surface area contributed by atoms with E-state index in [0.29, 0.717) is 18.5 Å². The maximum absolute atomic E-state index is 13.0. The predicted octanol–water partition coefficient (Wildman–Crippen LogP) is 2.82. The summed E-state index contributed by atoms with van der Waals surface area (Å²) in [4.78, 5) is 12.2. The largest absolute Gasteiger partial charge is 0.352 e. The van der Waals surface area contributed by atoms with Gasteiger partial charge in [0.05, 0.1) is 4.90 Å². The zero-order chi connectivity index (χ0) is 19.3. The van der Waals surface area contributed by atoms with Crippen molar-refractivity contribution in [1.29, 1.82) is 0 Å². The Morgan fingerprint density at radius 3 is 2.41 bits per heavy atom. The van der Waals surface area contributed by atoms with Gasteiger partial charge in [-0.3, -0.25) is 9.52 Å². The minimum absolute atomic E-state index is 0. The number of benzene rings is 2. The fourth-order valence-corrected chi connectivity index (χ4v) is 3.60. The highest BCUT2D eigenvalue weighted by Crippen LogP contribution is 2.21. The number of carbonyl (C=O) groups is 1. The Morgan fingerprint density at radius 2 is 1.81 bits per heavy atom. The van der Waals surface area contributed by atoms with Crippen LogP contribution in [0, 0.1) is 12.7 Å². The molecule has 2 aromatic carbocycles. The Morgan fingerprint density at radius 1 is 1.19 bits per heavy atom. The van der Waals surface area contributed by atoms with Crippen LogP contribution < -0.4 is 15.8 Å². The summed E-state index contributed by atoms with van der Waals surface area (Å²) >= 11 is 0. The molecule has 0 aliphatic rings. The molecule has 0 aliphatic heterocycles. The van der Waals surface area contributed by atoms with E-state index in [4.69, 9.17) is 5.73 Å². The van der Waals surface area contributed by atoms with Gasteiger partial charge in [0.2, 0.25) is 0 Å². The Balaban J connectivity index is 0.00000364. The molecule has 1 unspecified atom stereocenters. The standard InChI is InChI=1S/C18H22FN3O3S.ClH/c1-12-3-4-14(18(23)21-10-9-13(2)20)11-17(12)26(24,25)22-16-7-5-15(19)6-8-16;/h3-8,11,13,22H,9-10,20H2,1-2H3,(H,21,23);1H. The topological polar surface area (TPSA) is 101 Å². The van der Waals surface area contributed by atoms with Gasteiger partial charge < -0.3 is 11.1 Å². The summed E-state index contributed by atoms with van der Waals surface area (Å²) in [6.45, 7) is 3.88. The number of aryl methyl sites for hydroxylation is 1. The molecule has 6 nitrogen and oxygen atoms in total. The summed E-state index contributed by atoms with van der Waals surface area (Å²) in [5.74, 6) is -0.835. The maximum atomic E-state index is 13.0. The molecule has 2 aromatic rings. The number of hydrogen-bond donors (Lipinski definition) is 3. The Labute approximate surface area is 164 Å². The van der Waals surface area contributed by atoms with E-state index in [2.05, 4.69) is 10.0 Å². The summed E-state index contributed by atoms with van der Waals surface area (Å²) in [7, 11) is -3.92. The van der Waals surface area contributed by atoms with Crippen LogP contribution in [0.15, 0.2) is 47.4 Å². The van der Waals surface area contributed by atoms with Crippen LogP contribution in [-0.4, -0.2) is 26.9 Å². The second kappa shape index (κ2) is 9.68. The number of hydrogen-bond acceptors (Lipinski definition) is 4. The lowest BCUT2D eigenvalue weighted by molar-refractivity contribution is 0.0952. The van der Waals surface area contributed by atoms with Crippen molar-refractivity contribution >= 4 is 34.0 Å². The van der Waals surface area contributed by atoms with Gasteiger partial charge in [0.25, 0.3) is 15.9 Å². The van der Waals surface area contributed by atoms with Gasteiger partial charge in [-0.25, -0.2) is 12.8 Å². The predicted molar refractivity (Wildman–Crippen MR) is 106 cm³/mol. The van der Waals surface area contributed by atoms with Crippen molar-refractivity contribution in [3.05, 3.63) is 59.4 Å². The molecule has 0 fully saturated rings. The number of sulfonamides is 1. The minimum atomic E-state index is -3.92. The number of nitrogens with one attached hydrogen (secondary N) is 2. The van der Waals surface area contributed by atoms with Crippen LogP contribution in [-0.2, 0) is 10.0 Å². The van der Waals surface area contributed by atoms with E-state index >= 15 is 0 Å². The summed E-state index contributed by atoms with van der Waals surface area (Å²) in [5.41, 5.74) is 6.60. The summed E-state index contributed by atoms with van der Waals surface area (Å²) < 4.78 is 40.6. The second-order valence-corrected chi connectivity index (χ2v) is 7.77. The van der Waals surface area contributed by atoms with Gasteiger partial charge >= 0.3 is 0 Å². The Bertz CT molecular complexity index is 887. The van der Waals surface area contributed by atoms with Crippen LogP contribution >= 0.6 is 12.4 Å². The highest BCUT2D eigenvalue weighted by Gasteiger charge is 2.19. The molecule has 0 bridgehead atoms. The first-order valence-electron chi connectivity index (χ1n) is 8.12. The van der Waals surface area contributed by atoms with Crippen molar-refractivity contribution in [2.45, 2.75) is 31.2 Å². The number of carbonyl (C=O) groups excluding carboxylic acids is 1. The highest BCUT2D eigenvalue weighted by atomic mass is 35.5. The van der Waals surface area contributed by atoms with Crippen LogP contribution in [0.25, 0.3) is 0 Å². The number of halogens is 2. The lowest BCUT2D eigenvalue weighted by Crippen LogP contribution is -2.29. The van der Waals surface area contributed by atoms with E-state index in [-0.39, 0.29) is 40.5 Å². The average molecular weight is 416 g/mol. The maximum Gasteiger partial charge on any atom is 0.262 e. The van der Waals surface area contributed by atoms with Gasteiger partial charge in [0, 0.05) is 23.8 Å². The number of amides is 1. The van der Waals surface area contributed by atoms with Crippen molar-refractivity contribution in [2.24, 2.45) is 5.73 Å². The molecular formula is C18H23ClFN3O3S. The fourth-order valence-electron chi connectivity index (χ4n) is 2.27. The third-order valence-electron chi connectivity index (χ3n) is 3.72. The van der Waals surface area contributed by atoms with Gasteiger partial charge in [-0.2, -0.15) is 0 Å². The highest BCUT2D eigenvalue weighted by molar-refractivity contribution is 7.92. The smallest absolute Gasteiger partial charge is 0.262 e. The number of anilines is 1. The van der Waals surface area contributed by atoms with E-state index in [1.54, 1.807) is 19.1 Å². The molecule has 0 spiro atoms. The molecular weight excluding hydrogens is 393 g/mol. The van der Waals surface area contributed by atoms with Crippen molar-refractivity contribution in [1.82, 2.24) is 5.32 Å². The van der Waals surface area contributed by atoms with Gasteiger partial charge in [-0.05, 0) is 62.2 Å². The van der Waals surface area contributed by atoms with Crippen LogP contribution in [0.5, 0.6) is 0 Å². The van der Waals surface area contributed by atoms with Gasteiger partial charge in [0.15, 0.2) is 0 Å². The molecule has 27 heavy (non-hydrogen) atoms. The average Bonchev–Trinajstić information content (AvgIpc) is 2.56. The van der Waals surface area contributed by atoms with Crippen molar-refractivity contribution in [2.75, 3.05) is 11.3 Å². The first kappa shape index (κ1) is 22.9. The molecule has 1 atom stereocenters. The van der Waals surface area contributed by atoms with Crippen molar-refractivity contribution < 1.29 is 17.6 Å². The van der Waals surface area contributed by atoms with E-state index in [1.807, 2.05) is 6.92 Å². The monoisotopic (exact) mass is 415 g/mol. The molecule has 0 aromatic heterocycles. The molecule has 4 N–H and O–H groups in total. The first-order valence-corrected chi connectivity index (χ1v) is 9.60. The van der Waals surface area contributed by atoms with Crippen LogP contribution in [0.4, 0.5) is 10.1 Å². The first-order chi connectivity index (χ1) is 12.2. The van der Waals surface area contributed by atoms with Crippen LogP contribution in [0.3, 0.4) is 0 Å². The quantitative estimate of drug-likeness (QED) is 0.647. The Hall–Kier alpha value is -2.16. The zero-order valence-corrected chi connectivity index (χ0v) is 16.7. The summed E-state index contributed by atoms with van der Waals surface area (Å²) in [5, 5.41) is 2.71. The molecule has 0 radical (unpaired) electrons. The molecule has 0 saturated carbocycles. The van der Waals surface area contributed by atoms with Gasteiger partial charge in [0.1, 0.15) is 5.82 Å². The van der Waals surface area contributed by atoms with E-state index in [1.165, 1.54) is 18.2 Å². The van der Waals surface area contributed by atoms with E-state index in [0.717, 1.165) is 12.1 Å². The van der Waals surface area contributed by atoms with Crippen molar-refractivity contribution in [3.8, 4) is 0 Å². The van der Waals surface area contributed by atoms with Gasteiger partial charge in [-0.15, -0.1) is 12.4 Å². The second-order valence-electron chi connectivity index (χ2n) is 6.11. The van der Waals surface area contributed by atoms with Crippen LogP contribution in [0.2, 0.25) is 0 Å². The van der Waals surface area contributed by atoms with Gasteiger partial charge in [-0.1, -0.05) is 6.07 Å². The molecule has 0 heterocycles. The lowest BCUT2D eigenvalue weighted by Gasteiger charge is -2.12.